The molecule has 0 aliphatic heterocycles. The fourth-order valence-electron chi connectivity index (χ4n) is 3.01. The summed E-state index contributed by atoms with van der Waals surface area (Å²) in [4.78, 5) is 45.9. The smallest absolute Gasteiger partial charge is 0.338 e. The maximum Gasteiger partial charge on any atom is 0.338 e. The highest BCUT2D eigenvalue weighted by atomic mass is 16.6. The zero-order chi connectivity index (χ0) is 25.0. The van der Waals surface area contributed by atoms with Crippen molar-refractivity contribution in [1.29, 1.82) is 0 Å². The molecule has 0 saturated heterocycles. The highest BCUT2D eigenvalue weighted by Gasteiger charge is 2.21. The van der Waals surface area contributed by atoms with Crippen LogP contribution in [-0.4, -0.2) is 34.0 Å². The number of rotatable bonds is 8. The van der Waals surface area contributed by atoms with Crippen LogP contribution in [-0.2, 0) is 11.3 Å². The quantitative estimate of drug-likeness (QED) is 0.290. The van der Waals surface area contributed by atoms with E-state index in [4.69, 9.17) is 9.26 Å². The number of methoxy groups -OCH3 is 1. The molecule has 0 fully saturated rings. The standard InChI is InChI=1S/C21H18N4O9/c1-11-18(12(2)34-23-11)10-33-19-9-15(24(28)29)4-5-17(19)20(26)22-14-6-13(21(27)32-3)7-16(8-14)25(30)31/h4-9H,10H2,1-3H3,(H,22,26). The van der Waals surface area contributed by atoms with Gasteiger partial charge in [0.15, 0.2) is 0 Å². The van der Waals surface area contributed by atoms with E-state index in [2.05, 4.69) is 15.2 Å². The van der Waals surface area contributed by atoms with Crippen molar-refractivity contribution in [3.63, 3.8) is 0 Å². The number of ether oxygens (including phenoxy) is 2. The van der Waals surface area contributed by atoms with E-state index in [-0.39, 0.29) is 34.9 Å². The number of amides is 1. The fraction of sp³-hybridized carbons (Fsp3) is 0.190. The van der Waals surface area contributed by atoms with Gasteiger partial charge in [-0.05, 0) is 26.0 Å². The van der Waals surface area contributed by atoms with Crippen LogP contribution in [0.5, 0.6) is 5.75 Å². The maximum atomic E-state index is 13.0. The summed E-state index contributed by atoms with van der Waals surface area (Å²) in [6, 6.07) is 6.65. The largest absolute Gasteiger partial charge is 0.488 e. The molecular formula is C21H18N4O9. The average Bonchev–Trinajstić information content (AvgIpc) is 3.13. The Bertz CT molecular complexity index is 1280. The topological polar surface area (TPSA) is 177 Å². The molecule has 13 nitrogen and oxygen atoms in total. The van der Waals surface area contributed by atoms with Crippen LogP contribution < -0.4 is 10.1 Å². The van der Waals surface area contributed by atoms with Gasteiger partial charge in [-0.15, -0.1) is 0 Å². The van der Waals surface area contributed by atoms with Gasteiger partial charge in [0.05, 0.1) is 45.4 Å². The molecule has 1 heterocycles. The summed E-state index contributed by atoms with van der Waals surface area (Å²) in [5.41, 5.74) is 0.120. The Kier molecular flexibility index (Phi) is 6.85. The Labute approximate surface area is 191 Å². The number of nitrogens with zero attached hydrogens (tertiary/aromatic N) is 3. The highest BCUT2D eigenvalue weighted by Crippen LogP contribution is 2.28. The first-order chi connectivity index (χ1) is 16.1. The Balaban J connectivity index is 1.95. The Morgan fingerprint density at radius 1 is 1.06 bits per heavy atom. The predicted molar refractivity (Wildman–Crippen MR) is 116 cm³/mol. The van der Waals surface area contributed by atoms with Gasteiger partial charge in [-0.2, -0.15) is 0 Å². The third kappa shape index (κ3) is 5.15. The first-order valence-electron chi connectivity index (χ1n) is 9.62. The lowest BCUT2D eigenvalue weighted by Crippen LogP contribution is -2.15. The van der Waals surface area contributed by atoms with Crippen LogP contribution >= 0.6 is 0 Å². The zero-order valence-electron chi connectivity index (χ0n) is 18.2. The van der Waals surface area contributed by atoms with E-state index in [1.54, 1.807) is 13.8 Å². The van der Waals surface area contributed by atoms with E-state index < -0.39 is 27.4 Å². The summed E-state index contributed by atoms with van der Waals surface area (Å²) < 4.78 is 15.3. The SMILES string of the molecule is COC(=O)c1cc(NC(=O)c2ccc([N+](=O)[O-])cc2OCc2c(C)noc2C)cc([N+](=O)[O-])c1. The molecule has 1 amide bonds. The Hall–Kier alpha value is -4.81. The molecule has 0 aliphatic carbocycles. The van der Waals surface area contributed by atoms with Crippen LogP contribution in [0, 0.1) is 34.1 Å². The number of hydrogen-bond acceptors (Lipinski definition) is 10. The second kappa shape index (κ2) is 9.77. The minimum atomic E-state index is -0.835. The molecule has 0 atom stereocenters. The summed E-state index contributed by atoms with van der Waals surface area (Å²) in [6.07, 6.45) is 0. The van der Waals surface area contributed by atoms with Gasteiger partial charge in [-0.25, -0.2) is 4.79 Å². The number of nitrogens with one attached hydrogen (secondary N) is 1. The summed E-state index contributed by atoms with van der Waals surface area (Å²) in [5.74, 6) is -1.23. The van der Waals surface area contributed by atoms with E-state index in [1.807, 2.05) is 0 Å². The molecule has 1 N–H and O–H groups in total. The molecule has 34 heavy (non-hydrogen) atoms. The van der Waals surface area contributed by atoms with Gasteiger partial charge >= 0.3 is 5.97 Å². The molecule has 2 aromatic carbocycles. The van der Waals surface area contributed by atoms with Crippen molar-refractivity contribution in [2.45, 2.75) is 20.5 Å². The average molecular weight is 470 g/mol. The molecule has 176 valence electrons. The van der Waals surface area contributed by atoms with Gasteiger partial charge in [0, 0.05) is 23.9 Å². The number of esters is 1. The van der Waals surface area contributed by atoms with E-state index in [0.717, 1.165) is 31.4 Å². The number of nitro groups is 2. The minimum Gasteiger partial charge on any atom is -0.488 e. The second-order valence-corrected chi connectivity index (χ2v) is 7.00. The first-order valence-corrected chi connectivity index (χ1v) is 9.62. The number of hydrogen-bond donors (Lipinski definition) is 1. The Morgan fingerprint density at radius 2 is 1.76 bits per heavy atom. The fourth-order valence-corrected chi connectivity index (χ4v) is 3.01. The van der Waals surface area contributed by atoms with Crippen LogP contribution in [0.25, 0.3) is 0 Å². The van der Waals surface area contributed by atoms with Crippen molar-refractivity contribution in [3.8, 4) is 5.75 Å². The number of carbonyl (C=O) groups excluding carboxylic acids is 2. The molecular weight excluding hydrogens is 452 g/mol. The zero-order valence-corrected chi connectivity index (χ0v) is 18.2. The molecule has 0 saturated carbocycles. The molecule has 0 radical (unpaired) electrons. The van der Waals surface area contributed by atoms with E-state index in [1.165, 1.54) is 12.1 Å². The van der Waals surface area contributed by atoms with Gasteiger partial charge in [-0.1, -0.05) is 5.16 Å². The monoisotopic (exact) mass is 470 g/mol. The molecule has 0 aliphatic rings. The van der Waals surface area contributed by atoms with Crippen molar-refractivity contribution in [2.75, 3.05) is 12.4 Å². The van der Waals surface area contributed by atoms with Crippen molar-refractivity contribution < 1.29 is 33.4 Å². The van der Waals surface area contributed by atoms with E-state index >= 15 is 0 Å². The summed E-state index contributed by atoms with van der Waals surface area (Å²) in [7, 11) is 1.11. The van der Waals surface area contributed by atoms with Crippen molar-refractivity contribution in [2.24, 2.45) is 0 Å². The lowest BCUT2D eigenvalue weighted by Gasteiger charge is -2.12. The van der Waals surface area contributed by atoms with Crippen LogP contribution in [0.15, 0.2) is 40.9 Å². The molecule has 0 unspecified atom stereocenters. The highest BCUT2D eigenvalue weighted by molar-refractivity contribution is 6.07. The summed E-state index contributed by atoms with van der Waals surface area (Å²) in [6.45, 7) is 3.28. The Morgan fingerprint density at radius 3 is 2.35 bits per heavy atom. The molecule has 3 aromatic rings. The first kappa shape index (κ1) is 23.8. The lowest BCUT2D eigenvalue weighted by atomic mass is 10.1. The van der Waals surface area contributed by atoms with Crippen LogP contribution in [0.4, 0.5) is 17.1 Å². The predicted octanol–water partition coefficient (Wildman–Crippen LogP) is 3.73. The number of anilines is 1. The van der Waals surface area contributed by atoms with Gasteiger partial charge in [0.1, 0.15) is 18.1 Å². The molecule has 0 bridgehead atoms. The maximum absolute atomic E-state index is 13.0. The van der Waals surface area contributed by atoms with E-state index in [9.17, 15) is 29.8 Å². The normalized spacial score (nSPS) is 10.4. The molecule has 0 spiro atoms. The molecule has 1 aromatic heterocycles. The van der Waals surface area contributed by atoms with Gasteiger partial charge in [-0.3, -0.25) is 25.0 Å². The summed E-state index contributed by atoms with van der Waals surface area (Å²) in [5, 5.41) is 28.7. The molecule has 13 heteroatoms. The summed E-state index contributed by atoms with van der Waals surface area (Å²) >= 11 is 0. The third-order valence-corrected chi connectivity index (χ3v) is 4.78. The van der Waals surface area contributed by atoms with Crippen LogP contribution in [0.1, 0.15) is 37.7 Å². The minimum absolute atomic E-state index is 0.0605. The van der Waals surface area contributed by atoms with Crippen molar-refractivity contribution in [1.82, 2.24) is 5.16 Å². The van der Waals surface area contributed by atoms with Crippen LogP contribution in [0.3, 0.4) is 0 Å². The van der Waals surface area contributed by atoms with Gasteiger partial charge in [0.25, 0.3) is 17.3 Å². The number of carbonyl (C=O) groups is 2. The van der Waals surface area contributed by atoms with Gasteiger partial charge < -0.3 is 19.3 Å². The van der Waals surface area contributed by atoms with Crippen LogP contribution in [0.2, 0.25) is 0 Å². The number of benzene rings is 2. The second-order valence-electron chi connectivity index (χ2n) is 7.00. The lowest BCUT2D eigenvalue weighted by molar-refractivity contribution is -0.385. The molecule has 3 rings (SSSR count). The number of aromatic nitrogens is 1. The number of non-ortho nitro benzene ring substituents is 2. The van der Waals surface area contributed by atoms with Crippen molar-refractivity contribution in [3.05, 3.63) is 84.8 Å². The third-order valence-electron chi connectivity index (χ3n) is 4.78. The van der Waals surface area contributed by atoms with E-state index in [0.29, 0.717) is 17.0 Å². The van der Waals surface area contributed by atoms with Crippen molar-refractivity contribution >= 4 is 28.9 Å². The van der Waals surface area contributed by atoms with Gasteiger partial charge in [0.2, 0.25) is 0 Å². The number of aryl methyl sites for hydroxylation is 2. The number of nitro benzene ring substituents is 2.